The monoisotopic (exact) mass is 248 g/mol. The third-order valence-electron chi connectivity index (χ3n) is 3.70. The smallest absolute Gasteiger partial charge is 0.269 e. The van der Waals surface area contributed by atoms with E-state index in [1.54, 1.807) is 18.2 Å². The molecule has 1 N–H and O–H groups in total. The minimum atomic E-state index is -0.332. The van der Waals surface area contributed by atoms with Crippen molar-refractivity contribution in [1.29, 1.82) is 0 Å². The van der Waals surface area contributed by atoms with Gasteiger partial charge in [0, 0.05) is 24.2 Å². The number of nitro groups is 1. The Hall–Kier alpha value is -1.42. The Kier molecular flexibility index (Phi) is 3.97. The fourth-order valence-electron chi connectivity index (χ4n) is 2.63. The molecular formula is C14H20N2O2. The van der Waals surface area contributed by atoms with Gasteiger partial charge in [-0.3, -0.25) is 10.1 Å². The molecule has 0 saturated heterocycles. The van der Waals surface area contributed by atoms with E-state index in [4.69, 9.17) is 0 Å². The molecule has 1 unspecified atom stereocenters. The Morgan fingerprint density at radius 2 is 2.22 bits per heavy atom. The SMILES string of the molecule is CCC(NC1CC(C)C1)c1cccc([N+](=O)[O-])c1. The van der Waals surface area contributed by atoms with Gasteiger partial charge in [-0.25, -0.2) is 0 Å². The van der Waals surface area contributed by atoms with Crippen molar-refractivity contribution in [1.82, 2.24) is 5.32 Å². The van der Waals surface area contributed by atoms with Crippen LogP contribution in [0.1, 0.15) is 44.7 Å². The van der Waals surface area contributed by atoms with Gasteiger partial charge >= 0.3 is 0 Å². The highest BCUT2D eigenvalue weighted by Gasteiger charge is 2.27. The van der Waals surface area contributed by atoms with E-state index in [0.29, 0.717) is 6.04 Å². The predicted molar refractivity (Wildman–Crippen MR) is 71.5 cm³/mol. The lowest BCUT2D eigenvalue weighted by molar-refractivity contribution is -0.384. The first kappa shape index (κ1) is 13.0. The number of rotatable bonds is 5. The van der Waals surface area contributed by atoms with E-state index in [0.717, 1.165) is 17.9 Å². The summed E-state index contributed by atoms with van der Waals surface area (Å²) in [5, 5.41) is 14.4. The summed E-state index contributed by atoms with van der Waals surface area (Å²) in [7, 11) is 0. The zero-order chi connectivity index (χ0) is 13.1. The Morgan fingerprint density at radius 3 is 2.78 bits per heavy atom. The summed E-state index contributed by atoms with van der Waals surface area (Å²) >= 11 is 0. The third-order valence-corrected chi connectivity index (χ3v) is 3.70. The van der Waals surface area contributed by atoms with Crippen LogP contribution in [0, 0.1) is 16.0 Å². The second-order valence-electron chi connectivity index (χ2n) is 5.25. The molecule has 0 amide bonds. The van der Waals surface area contributed by atoms with Gasteiger partial charge in [-0.15, -0.1) is 0 Å². The topological polar surface area (TPSA) is 55.2 Å². The second kappa shape index (κ2) is 5.48. The number of benzene rings is 1. The van der Waals surface area contributed by atoms with E-state index in [-0.39, 0.29) is 16.7 Å². The maximum Gasteiger partial charge on any atom is 0.269 e. The lowest BCUT2D eigenvalue weighted by Gasteiger charge is -2.36. The van der Waals surface area contributed by atoms with Crippen LogP contribution in [0.3, 0.4) is 0 Å². The first-order valence-corrected chi connectivity index (χ1v) is 6.60. The number of nitrogens with zero attached hydrogens (tertiary/aromatic N) is 1. The van der Waals surface area contributed by atoms with Crippen molar-refractivity contribution in [2.45, 2.75) is 45.2 Å². The number of hydrogen-bond donors (Lipinski definition) is 1. The summed E-state index contributed by atoms with van der Waals surface area (Å²) in [6.07, 6.45) is 3.38. The molecule has 0 aromatic heterocycles. The Morgan fingerprint density at radius 1 is 1.50 bits per heavy atom. The van der Waals surface area contributed by atoms with Crippen molar-refractivity contribution in [3.8, 4) is 0 Å². The van der Waals surface area contributed by atoms with Crippen LogP contribution < -0.4 is 5.32 Å². The van der Waals surface area contributed by atoms with Crippen LogP contribution in [-0.4, -0.2) is 11.0 Å². The van der Waals surface area contributed by atoms with Gasteiger partial charge in [0.2, 0.25) is 0 Å². The van der Waals surface area contributed by atoms with Crippen molar-refractivity contribution in [3.63, 3.8) is 0 Å². The number of hydrogen-bond acceptors (Lipinski definition) is 3. The Bertz CT molecular complexity index is 428. The molecule has 1 aliphatic rings. The second-order valence-corrected chi connectivity index (χ2v) is 5.25. The van der Waals surface area contributed by atoms with E-state index in [1.807, 2.05) is 6.07 Å². The fraction of sp³-hybridized carbons (Fsp3) is 0.571. The Balaban J connectivity index is 2.07. The fourth-order valence-corrected chi connectivity index (χ4v) is 2.63. The van der Waals surface area contributed by atoms with Gasteiger partial charge in [0.25, 0.3) is 5.69 Å². The molecule has 1 aromatic carbocycles. The average Bonchev–Trinajstić information content (AvgIpc) is 2.33. The highest BCUT2D eigenvalue weighted by atomic mass is 16.6. The molecule has 4 heteroatoms. The van der Waals surface area contributed by atoms with Crippen LogP contribution >= 0.6 is 0 Å². The Labute approximate surface area is 108 Å². The minimum Gasteiger partial charge on any atom is -0.307 e. The van der Waals surface area contributed by atoms with Crippen molar-refractivity contribution in [2.24, 2.45) is 5.92 Å². The van der Waals surface area contributed by atoms with Crippen molar-refractivity contribution >= 4 is 5.69 Å². The quantitative estimate of drug-likeness (QED) is 0.641. The first-order chi connectivity index (χ1) is 8.60. The van der Waals surface area contributed by atoms with E-state index in [1.165, 1.54) is 12.8 Å². The number of non-ortho nitro benzene ring substituents is 1. The maximum absolute atomic E-state index is 10.8. The van der Waals surface area contributed by atoms with Crippen LogP contribution in [0.5, 0.6) is 0 Å². The molecule has 0 aliphatic heterocycles. The van der Waals surface area contributed by atoms with Crippen molar-refractivity contribution in [2.75, 3.05) is 0 Å². The maximum atomic E-state index is 10.8. The van der Waals surface area contributed by atoms with E-state index in [9.17, 15) is 10.1 Å². The average molecular weight is 248 g/mol. The lowest BCUT2D eigenvalue weighted by Crippen LogP contribution is -2.41. The molecule has 1 atom stereocenters. The standard InChI is InChI=1S/C14H20N2O2/c1-3-14(15-12-7-10(2)8-12)11-5-4-6-13(9-11)16(17)18/h4-6,9-10,12,14-15H,3,7-8H2,1-2H3. The van der Waals surface area contributed by atoms with Gasteiger partial charge < -0.3 is 5.32 Å². The zero-order valence-corrected chi connectivity index (χ0v) is 10.9. The minimum absolute atomic E-state index is 0.176. The number of nitro benzene ring substituents is 1. The van der Waals surface area contributed by atoms with Gasteiger partial charge in [0.05, 0.1) is 4.92 Å². The highest BCUT2D eigenvalue weighted by molar-refractivity contribution is 5.35. The normalized spacial score (nSPS) is 24.3. The van der Waals surface area contributed by atoms with Crippen LogP contribution in [-0.2, 0) is 0 Å². The summed E-state index contributed by atoms with van der Waals surface area (Å²) in [5.74, 6) is 0.810. The van der Waals surface area contributed by atoms with Crippen molar-refractivity contribution in [3.05, 3.63) is 39.9 Å². The molecule has 4 nitrogen and oxygen atoms in total. The molecule has 2 rings (SSSR count). The van der Waals surface area contributed by atoms with E-state index < -0.39 is 0 Å². The molecule has 0 spiro atoms. The van der Waals surface area contributed by atoms with Gasteiger partial charge in [0.1, 0.15) is 0 Å². The molecule has 18 heavy (non-hydrogen) atoms. The predicted octanol–water partition coefficient (Wildman–Crippen LogP) is 3.43. The molecular weight excluding hydrogens is 228 g/mol. The summed E-state index contributed by atoms with van der Waals surface area (Å²) in [5.41, 5.74) is 1.20. The summed E-state index contributed by atoms with van der Waals surface area (Å²) in [4.78, 5) is 10.5. The lowest BCUT2D eigenvalue weighted by atomic mass is 9.81. The van der Waals surface area contributed by atoms with Crippen LogP contribution in [0.2, 0.25) is 0 Å². The third kappa shape index (κ3) is 2.88. The van der Waals surface area contributed by atoms with Crippen LogP contribution in [0.25, 0.3) is 0 Å². The first-order valence-electron chi connectivity index (χ1n) is 6.60. The van der Waals surface area contributed by atoms with E-state index >= 15 is 0 Å². The van der Waals surface area contributed by atoms with Crippen LogP contribution in [0.15, 0.2) is 24.3 Å². The number of nitrogens with one attached hydrogen (secondary N) is 1. The zero-order valence-electron chi connectivity index (χ0n) is 10.9. The molecule has 0 bridgehead atoms. The van der Waals surface area contributed by atoms with Gasteiger partial charge in [-0.05, 0) is 30.7 Å². The molecule has 0 radical (unpaired) electrons. The summed E-state index contributed by atoms with van der Waals surface area (Å²) in [6, 6.07) is 7.76. The van der Waals surface area contributed by atoms with Crippen molar-refractivity contribution < 1.29 is 4.92 Å². The van der Waals surface area contributed by atoms with Crippen LogP contribution in [0.4, 0.5) is 5.69 Å². The molecule has 1 saturated carbocycles. The molecule has 1 aliphatic carbocycles. The molecule has 0 heterocycles. The van der Waals surface area contributed by atoms with Gasteiger partial charge in [-0.1, -0.05) is 26.0 Å². The summed E-state index contributed by atoms with van der Waals surface area (Å²) < 4.78 is 0. The summed E-state index contributed by atoms with van der Waals surface area (Å²) in [6.45, 7) is 4.37. The van der Waals surface area contributed by atoms with Gasteiger partial charge in [0.15, 0.2) is 0 Å². The highest BCUT2D eigenvalue weighted by Crippen LogP contribution is 2.30. The molecule has 98 valence electrons. The largest absolute Gasteiger partial charge is 0.307 e. The van der Waals surface area contributed by atoms with Gasteiger partial charge in [-0.2, -0.15) is 0 Å². The van der Waals surface area contributed by atoms with E-state index in [2.05, 4.69) is 19.2 Å². The molecule has 1 aromatic rings. The molecule has 1 fully saturated rings.